The van der Waals surface area contributed by atoms with Crippen LogP contribution in [-0.4, -0.2) is 17.6 Å². The molecule has 0 saturated carbocycles. The highest BCUT2D eigenvalue weighted by Gasteiger charge is 2.05. The van der Waals surface area contributed by atoms with Gasteiger partial charge in [-0.05, 0) is 52.6 Å². The van der Waals surface area contributed by atoms with Crippen LogP contribution >= 0.6 is 0 Å². The molecule has 4 rings (SSSR count). The van der Waals surface area contributed by atoms with Crippen molar-refractivity contribution in [2.75, 3.05) is 11.9 Å². The third kappa shape index (κ3) is 5.95. The van der Waals surface area contributed by atoms with Gasteiger partial charge in [0.25, 0.3) is 0 Å². The second kappa shape index (κ2) is 10.8. The summed E-state index contributed by atoms with van der Waals surface area (Å²) in [7, 11) is 0. The average Bonchev–Trinajstić information content (AvgIpc) is 2.87. The number of carbonyl (C=O) groups is 1. The molecular formula is C27H25N3O2. The lowest BCUT2D eigenvalue weighted by molar-refractivity contribution is 0.251. The molecular weight excluding hydrogens is 398 g/mol. The molecule has 32 heavy (non-hydrogen) atoms. The summed E-state index contributed by atoms with van der Waals surface area (Å²) >= 11 is 0. The number of rotatable bonds is 8. The number of nitrogens with zero attached hydrogens (tertiary/aromatic N) is 1. The van der Waals surface area contributed by atoms with Crippen LogP contribution in [0.15, 0.2) is 103 Å². The van der Waals surface area contributed by atoms with Crippen LogP contribution < -0.4 is 15.4 Å². The zero-order valence-corrected chi connectivity index (χ0v) is 17.5. The van der Waals surface area contributed by atoms with E-state index >= 15 is 0 Å². The summed E-state index contributed by atoms with van der Waals surface area (Å²) < 4.78 is 21.4. The van der Waals surface area contributed by atoms with Gasteiger partial charge in [-0.1, -0.05) is 60.6 Å². The van der Waals surface area contributed by atoms with Gasteiger partial charge in [-0.15, -0.1) is 0 Å². The van der Waals surface area contributed by atoms with E-state index in [1.54, 1.807) is 12.1 Å². The summed E-state index contributed by atoms with van der Waals surface area (Å²) in [6.07, 6.45) is 3.56. The molecule has 0 radical (unpaired) electrons. The molecule has 0 atom stereocenters. The molecule has 0 aliphatic heterocycles. The van der Waals surface area contributed by atoms with E-state index in [-0.39, 0.29) is 18.6 Å². The lowest BCUT2D eigenvalue weighted by atomic mass is 9.98. The van der Waals surface area contributed by atoms with E-state index in [4.69, 9.17) is 7.48 Å². The van der Waals surface area contributed by atoms with Gasteiger partial charge >= 0.3 is 6.03 Å². The molecule has 0 aliphatic rings. The summed E-state index contributed by atoms with van der Waals surface area (Å²) in [5.41, 5.74) is 4.73. The maximum absolute atomic E-state index is 12.2. The number of ether oxygens (including phenoxy) is 1. The Bertz CT molecular complexity index is 1250. The first kappa shape index (κ1) is 18.6. The highest BCUT2D eigenvalue weighted by atomic mass is 16.5. The first-order chi connectivity index (χ1) is 16.6. The molecule has 0 fully saturated rings. The third-order valence-corrected chi connectivity index (χ3v) is 4.90. The summed E-state index contributed by atoms with van der Waals surface area (Å²) in [5, 5.41) is 5.42. The Balaban J connectivity index is 1.27. The van der Waals surface area contributed by atoms with Gasteiger partial charge in [0.1, 0.15) is 5.75 Å². The first-order valence-electron chi connectivity index (χ1n) is 11.4. The van der Waals surface area contributed by atoms with Crippen LogP contribution in [-0.2, 0) is 13.0 Å². The van der Waals surface area contributed by atoms with Crippen LogP contribution in [0.2, 0.25) is 0 Å². The third-order valence-electron chi connectivity index (χ3n) is 4.90. The number of pyridine rings is 1. The van der Waals surface area contributed by atoms with Crippen molar-refractivity contribution in [2.24, 2.45) is 0 Å². The number of anilines is 1. The minimum absolute atomic E-state index is 0.0267. The van der Waals surface area contributed by atoms with Crippen molar-refractivity contribution >= 4 is 11.7 Å². The van der Waals surface area contributed by atoms with Crippen LogP contribution in [0, 0.1) is 0 Å². The van der Waals surface area contributed by atoms with Crippen molar-refractivity contribution in [3.8, 4) is 16.9 Å². The fourth-order valence-electron chi connectivity index (χ4n) is 3.31. The van der Waals surface area contributed by atoms with E-state index in [2.05, 4.69) is 39.9 Å². The summed E-state index contributed by atoms with van der Waals surface area (Å²) in [4.78, 5) is 16.1. The molecule has 0 saturated heterocycles. The Morgan fingerprint density at radius 1 is 0.969 bits per heavy atom. The van der Waals surface area contributed by atoms with Gasteiger partial charge in [-0.2, -0.15) is 0 Å². The quantitative estimate of drug-likeness (QED) is 0.381. The Kier molecular flexibility index (Phi) is 6.27. The Labute approximate surface area is 190 Å². The normalized spacial score (nSPS) is 11.2. The second-order valence-corrected chi connectivity index (χ2v) is 7.16. The summed E-state index contributed by atoms with van der Waals surface area (Å²) in [6, 6.07) is 25.5. The van der Waals surface area contributed by atoms with Crippen molar-refractivity contribution in [2.45, 2.75) is 13.0 Å². The molecule has 0 bridgehead atoms. The van der Waals surface area contributed by atoms with Gasteiger partial charge in [0.2, 0.25) is 0 Å². The minimum Gasteiger partial charge on any atom is -0.493 e. The van der Waals surface area contributed by atoms with Crippen molar-refractivity contribution in [1.29, 1.82) is 0 Å². The minimum atomic E-state index is -0.402. The van der Waals surface area contributed by atoms with Crippen LogP contribution in [0.4, 0.5) is 10.5 Å². The van der Waals surface area contributed by atoms with Crippen molar-refractivity contribution in [3.05, 3.63) is 114 Å². The topological polar surface area (TPSA) is 63.2 Å². The molecule has 2 amide bonds. The van der Waals surface area contributed by atoms with Gasteiger partial charge < -0.3 is 15.4 Å². The Hall–Kier alpha value is -4.12. The molecule has 4 aromatic rings. The number of hydrogen-bond acceptors (Lipinski definition) is 3. The molecule has 2 N–H and O–H groups in total. The molecule has 5 heteroatoms. The van der Waals surface area contributed by atoms with E-state index in [0.717, 1.165) is 12.2 Å². The molecule has 3 aromatic carbocycles. The highest BCUT2D eigenvalue weighted by Crippen LogP contribution is 2.24. The lowest BCUT2D eigenvalue weighted by Crippen LogP contribution is -2.28. The smallest absolute Gasteiger partial charge is 0.319 e. The molecule has 160 valence electrons. The molecule has 1 heterocycles. The SMILES string of the molecule is [2H]c1cncc(CNC(=O)Nc2ccc(OCCc3ccccc3-c3ccccc3)cc2)c1[2H]. The van der Waals surface area contributed by atoms with Crippen LogP contribution in [0.5, 0.6) is 5.75 Å². The highest BCUT2D eigenvalue weighted by molar-refractivity contribution is 5.89. The van der Waals surface area contributed by atoms with Crippen molar-refractivity contribution < 1.29 is 12.3 Å². The zero-order valence-electron chi connectivity index (χ0n) is 19.5. The zero-order chi connectivity index (χ0) is 23.8. The van der Waals surface area contributed by atoms with Crippen LogP contribution in [0.3, 0.4) is 0 Å². The standard InChI is InChI=1S/C27H25N3O2/c31-27(29-20-21-7-6-17-28-19-21)30-24-12-14-25(15-13-24)32-18-16-23-10-4-5-11-26(23)22-8-2-1-3-9-22/h1-15,17,19H,16,18,20H2,(H2,29,30,31)/i6D,7D. The fourth-order valence-corrected chi connectivity index (χ4v) is 3.31. The number of urea groups is 1. The van der Waals surface area contributed by atoms with Crippen molar-refractivity contribution in [1.82, 2.24) is 10.3 Å². The number of nitrogens with one attached hydrogen (secondary N) is 2. The molecule has 1 aromatic heterocycles. The van der Waals surface area contributed by atoms with Gasteiger partial charge in [0, 0.05) is 31.0 Å². The Morgan fingerprint density at radius 2 is 1.75 bits per heavy atom. The van der Waals surface area contributed by atoms with Crippen LogP contribution in [0.25, 0.3) is 11.1 Å². The summed E-state index contributed by atoms with van der Waals surface area (Å²) in [5.74, 6) is 0.723. The molecule has 0 spiro atoms. The van der Waals surface area contributed by atoms with E-state index in [1.807, 2.05) is 42.5 Å². The average molecular weight is 426 g/mol. The monoisotopic (exact) mass is 425 g/mol. The first-order valence-corrected chi connectivity index (χ1v) is 10.4. The van der Waals surface area contributed by atoms with Crippen LogP contribution in [0.1, 0.15) is 13.9 Å². The van der Waals surface area contributed by atoms with Gasteiger partial charge in [-0.25, -0.2) is 4.79 Å². The molecule has 5 nitrogen and oxygen atoms in total. The second-order valence-electron chi connectivity index (χ2n) is 7.16. The van der Waals surface area contributed by atoms with E-state index < -0.39 is 6.03 Å². The van der Waals surface area contributed by atoms with Gasteiger partial charge in [-0.3, -0.25) is 4.98 Å². The molecule has 0 aliphatic carbocycles. The van der Waals surface area contributed by atoms with E-state index in [9.17, 15) is 4.79 Å². The summed E-state index contributed by atoms with van der Waals surface area (Å²) in [6.45, 7) is 0.658. The van der Waals surface area contributed by atoms with E-state index in [1.165, 1.54) is 29.1 Å². The maximum atomic E-state index is 12.2. The van der Waals surface area contributed by atoms with E-state index in [0.29, 0.717) is 17.9 Å². The largest absolute Gasteiger partial charge is 0.493 e. The van der Waals surface area contributed by atoms with Gasteiger partial charge in [0.05, 0.1) is 9.35 Å². The number of aromatic nitrogens is 1. The predicted octanol–water partition coefficient (Wildman–Crippen LogP) is 5.69. The lowest BCUT2D eigenvalue weighted by Gasteiger charge is -2.12. The maximum Gasteiger partial charge on any atom is 0.319 e. The number of hydrogen-bond donors (Lipinski definition) is 2. The fraction of sp³-hybridized carbons (Fsp3) is 0.111. The number of benzene rings is 3. The molecule has 0 unspecified atom stereocenters. The number of carbonyl (C=O) groups excluding carboxylic acids is 1. The predicted molar refractivity (Wildman–Crippen MR) is 128 cm³/mol. The van der Waals surface area contributed by atoms with Gasteiger partial charge in [0.15, 0.2) is 0 Å². The van der Waals surface area contributed by atoms with Crippen molar-refractivity contribution in [3.63, 3.8) is 0 Å². The Morgan fingerprint density at radius 3 is 2.59 bits per heavy atom. The number of amides is 2.